The van der Waals surface area contributed by atoms with E-state index in [4.69, 9.17) is 4.74 Å². The van der Waals surface area contributed by atoms with Gasteiger partial charge in [-0.1, -0.05) is 11.3 Å². The van der Waals surface area contributed by atoms with E-state index in [0.717, 1.165) is 17.4 Å². The number of hydrogen-bond donors (Lipinski definition) is 2. The second-order valence-electron chi connectivity index (χ2n) is 6.17. The molecule has 1 aromatic heterocycles. The number of benzene rings is 1. The van der Waals surface area contributed by atoms with E-state index in [1.54, 1.807) is 12.3 Å². The van der Waals surface area contributed by atoms with Crippen LogP contribution in [-0.2, 0) is 25.7 Å². The number of aromatic nitrogens is 1. The Bertz CT molecular complexity index is 1020. The van der Waals surface area contributed by atoms with Crippen LogP contribution in [0.1, 0.15) is 19.0 Å². The number of aryl methyl sites for hydroxylation is 1. The Morgan fingerprint density at radius 1 is 1.20 bits per heavy atom. The average molecular weight is 445 g/mol. The third kappa shape index (κ3) is 5.92. The highest BCUT2D eigenvalue weighted by Gasteiger charge is 2.20. The summed E-state index contributed by atoms with van der Waals surface area (Å²) in [5.74, 6) is -7.14. The predicted molar refractivity (Wildman–Crippen MR) is 101 cm³/mol. The first kappa shape index (κ1) is 23.1. The van der Waals surface area contributed by atoms with Crippen molar-refractivity contribution in [3.63, 3.8) is 0 Å². The molecule has 0 radical (unpaired) electrons. The number of carbonyl (C=O) groups is 3. The lowest BCUT2D eigenvalue weighted by atomic mass is 10.2. The third-order valence-electron chi connectivity index (χ3n) is 3.93. The Hall–Kier alpha value is -3.15. The van der Waals surface area contributed by atoms with Gasteiger partial charge in [0, 0.05) is 17.6 Å². The molecule has 30 heavy (non-hydrogen) atoms. The Labute approximate surface area is 172 Å². The molecule has 0 saturated carbocycles. The standard InChI is InChI=1S/C18H18F3N3O5S/c1-9-8-30-18(28)24(9)6-5-14(26)29-10(2)17(27)22-7-13(25)23-12-4-3-11(19)15(20)16(12)21/h3-4,8,10H,5-7H2,1-2H3,(H,22,27)(H,23,25). The fourth-order valence-corrected chi connectivity index (χ4v) is 3.08. The number of amides is 2. The van der Waals surface area contributed by atoms with Gasteiger partial charge in [-0.3, -0.25) is 19.2 Å². The van der Waals surface area contributed by atoms with Crippen LogP contribution in [0.4, 0.5) is 18.9 Å². The van der Waals surface area contributed by atoms with Gasteiger partial charge in [0.05, 0.1) is 18.7 Å². The van der Waals surface area contributed by atoms with Crippen molar-refractivity contribution in [2.24, 2.45) is 0 Å². The van der Waals surface area contributed by atoms with E-state index in [0.29, 0.717) is 11.8 Å². The fraction of sp³-hybridized carbons (Fsp3) is 0.333. The van der Waals surface area contributed by atoms with E-state index >= 15 is 0 Å². The lowest BCUT2D eigenvalue weighted by molar-refractivity contribution is -0.155. The van der Waals surface area contributed by atoms with Crippen LogP contribution in [0.15, 0.2) is 22.3 Å². The average Bonchev–Trinajstić information content (AvgIpc) is 3.02. The van der Waals surface area contributed by atoms with Gasteiger partial charge in [-0.15, -0.1) is 0 Å². The highest BCUT2D eigenvalue weighted by atomic mass is 32.1. The normalized spacial score (nSPS) is 11.6. The number of nitrogens with one attached hydrogen (secondary N) is 2. The molecule has 8 nitrogen and oxygen atoms in total. The number of thiazole rings is 1. The molecule has 1 atom stereocenters. The lowest BCUT2D eigenvalue weighted by Gasteiger charge is -2.14. The molecule has 0 aliphatic rings. The van der Waals surface area contributed by atoms with E-state index in [-0.39, 0.29) is 17.8 Å². The van der Waals surface area contributed by atoms with Gasteiger partial charge in [0.1, 0.15) is 0 Å². The van der Waals surface area contributed by atoms with Crippen molar-refractivity contribution in [3.8, 4) is 0 Å². The molecule has 0 aliphatic carbocycles. The largest absolute Gasteiger partial charge is 0.452 e. The SMILES string of the molecule is Cc1csc(=O)n1CCC(=O)OC(C)C(=O)NCC(=O)Nc1ccc(F)c(F)c1F. The summed E-state index contributed by atoms with van der Waals surface area (Å²) in [5, 5.41) is 5.81. The van der Waals surface area contributed by atoms with E-state index in [1.807, 2.05) is 5.32 Å². The Balaban J connectivity index is 1.78. The molecule has 0 bridgehead atoms. The molecule has 2 amide bonds. The van der Waals surface area contributed by atoms with Crippen LogP contribution >= 0.6 is 11.3 Å². The van der Waals surface area contributed by atoms with Gasteiger partial charge in [-0.25, -0.2) is 13.2 Å². The molecule has 12 heteroatoms. The van der Waals surface area contributed by atoms with E-state index < -0.39 is 53.6 Å². The number of hydrogen-bond acceptors (Lipinski definition) is 6. The molecule has 2 N–H and O–H groups in total. The maximum absolute atomic E-state index is 13.5. The molecule has 1 heterocycles. The monoisotopic (exact) mass is 445 g/mol. The number of esters is 1. The van der Waals surface area contributed by atoms with Crippen molar-refractivity contribution in [2.45, 2.75) is 32.9 Å². The van der Waals surface area contributed by atoms with Crippen molar-refractivity contribution in [2.75, 3.05) is 11.9 Å². The molecular weight excluding hydrogens is 427 g/mol. The Morgan fingerprint density at radius 2 is 1.90 bits per heavy atom. The third-order valence-corrected chi connectivity index (χ3v) is 4.81. The number of halogens is 3. The van der Waals surface area contributed by atoms with Gasteiger partial charge >= 0.3 is 10.8 Å². The maximum Gasteiger partial charge on any atom is 0.308 e. The molecule has 0 saturated heterocycles. The van der Waals surface area contributed by atoms with Crippen LogP contribution in [0.25, 0.3) is 0 Å². The highest BCUT2D eigenvalue weighted by Crippen LogP contribution is 2.19. The van der Waals surface area contributed by atoms with Crippen molar-refractivity contribution in [1.82, 2.24) is 9.88 Å². The number of nitrogens with zero attached hydrogens (tertiary/aromatic N) is 1. The van der Waals surface area contributed by atoms with Crippen LogP contribution < -0.4 is 15.5 Å². The number of ether oxygens (including phenoxy) is 1. The summed E-state index contributed by atoms with van der Waals surface area (Å²) in [6.45, 7) is 2.48. The number of carbonyl (C=O) groups excluding carboxylic acids is 3. The molecular formula is C18H18F3N3O5S. The molecule has 1 aromatic carbocycles. The first-order chi connectivity index (χ1) is 14.1. The summed E-state index contributed by atoms with van der Waals surface area (Å²) in [7, 11) is 0. The zero-order valence-corrected chi connectivity index (χ0v) is 16.8. The van der Waals surface area contributed by atoms with E-state index in [1.165, 1.54) is 11.5 Å². The Morgan fingerprint density at radius 3 is 2.53 bits per heavy atom. The van der Waals surface area contributed by atoms with Gasteiger partial charge in [-0.05, 0) is 26.0 Å². The van der Waals surface area contributed by atoms with Crippen molar-refractivity contribution >= 4 is 34.8 Å². The number of anilines is 1. The first-order valence-corrected chi connectivity index (χ1v) is 9.53. The van der Waals surface area contributed by atoms with Crippen LogP contribution in [0.2, 0.25) is 0 Å². The molecule has 0 fully saturated rings. The minimum atomic E-state index is -1.74. The summed E-state index contributed by atoms with van der Waals surface area (Å²) in [6.07, 6.45) is -1.36. The summed E-state index contributed by atoms with van der Waals surface area (Å²) in [6, 6.07) is 1.47. The fourth-order valence-electron chi connectivity index (χ4n) is 2.32. The molecule has 2 aromatic rings. The quantitative estimate of drug-likeness (QED) is 0.475. The Kier molecular flexibility index (Phi) is 7.75. The summed E-state index contributed by atoms with van der Waals surface area (Å²) < 4.78 is 45.9. The van der Waals surface area contributed by atoms with Gasteiger partial charge in [0.25, 0.3) is 5.91 Å². The zero-order valence-electron chi connectivity index (χ0n) is 16.0. The maximum atomic E-state index is 13.5. The molecule has 2 rings (SSSR count). The summed E-state index contributed by atoms with van der Waals surface area (Å²) >= 11 is 1.00. The number of rotatable bonds is 8. The summed E-state index contributed by atoms with van der Waals surface area (Å²) in [5.41, 5.74) is 0.110. The van der Waals surface area contributed by atoms with Crippen molar-refractivity contribution in [3.05, 3.63) is 50.3 Å². The molecule has 0 aliphatic heterocycles. The van der Waals surface area contributed by atoms with Gasteiger partial charge in [-0.2, -0.15) is 0 Å². The van der Waals surface area contributed by atoms with Crippen molar-refractivity contribution < 1.29 is 32.3 Å². The highest BCUT2D eigenvalue weighted by molar-refractivity contribution is 7.07. The lowest BCUT2D eigenvalue weighted by Crippen LogP contribution is -2.40. The second kappa shape index (κ2) is 10.1. The van der Waals surface area contributed by atoms with E-state index in [9.17, 15) is 32.3 Å². The van der Waals surface area contributed by atoms with Crippen LogP contribution in [0.3, 0.4) is 0 Å². The molecule has 162 valence electrons. The van der Waals surface area contributed by atoms with Crippen molar-refractivity contribution in [1.29, 1.82) is 0 Å². The molecule has 0 spiro atoms. The zero-order chi connectivity index (χ0) is 22.4. The van der Waals surface area contributed by atoms with E-state index in [2.05, 4.69) is 5.32 Å². The predicted octanol–water partition coefficient (Wildman–Crippen LogP) is 1.71. The van der Waals surface area contributed by atoms with Crippen LogP contribution in [0.5, 0.6) is 0 Å². The minimum Gasteiger partial charge on any atom is -0.452 e. The van der Waals surface area contributed by atoms with Crippen LogP contribution in [0, 0.1) is 24.4 Å². The van der Waals surface area contributed by atoms with Gasteiger partial charge in [0.15, 0.2) is 23.6 Å². The van der Waals surface area contributed by atoms with Gasteiger partial charge < -0.3 is 19.9 Å². The second-order valence-corrected chi connectivity index (χ2v) is 6.99. The topological polar surface area (TPSA) is 106 Å². The minimum absolute atomic E-state index is 0.101. The first-order valence-electron chi connectivity index (χ1n) is 8.65. The van der Waals surface area contributed by atoms with Gasteiger partial charge in [0.2, 0.25) is 5.91 Å². The summed E-state index contributed by atoms with van der Waals surface area (Å²) in [4.78, 5) is 46.9. The van der Waals surface area contributed by atoms with Crippen LogP contribution in [-0.4, -0.2) is 35.0 Å². The molecule has 1 unspecified atom stereocenters. The smallest absolute Gasteiger partial charge is 0.308 e.